The highest BCUT2D eigenvalue weighted by Crippen LogP contribution is 2.24. The topological polar surface area (TPSA) is 136 Å². The highest BCUT2D eigenvalue weighted by Gasteiger charge is 2.34. The molecule has 1 aliphatic heterocycles. The van der Waals surface area contributed by atoms with E-state index in [4.69, 9.17) is 18.9 Å². The molecule has 1 aliphatic carbocycles. The predicted molar refractivity (Wildman–Crippen MR) is 167 cm³/mol. The van der Waals surface area contributed by atoms with Crippen LogP contribution in [0.1, 0.15) is 85.0 Å². The fraction of sp³-hybridized carbons (Fsp3) is 0.875. The summed E-state index contributed by atoms with van der Waals surface area (Å²) in [6.07, 6.45) is 7.34. The molecule has 2 fully saturated rings. The summed E-state index contributed by atoms with van der Waals surface area (Å²) < 4.78 is 22.5. The minimum Gasteiger partial charge on any atom is -0.379 e. The van der Waals surface area contributed by atoms with Crippen molar-refractivity contribution < 1.29 is 38.1 Å². The Morgan fingerprint density at radius 3 is 2.02 bits per heavy atom. The minimum atomic E-state index is -0.203. The molecule has 4 amide bonds. The highest BCUT2D eigenvalue weighted by molar-refractivity contribution is 6.03. The maximum atomic E-state index is 12.6. The number of carbonyl (C=O) groups is 4. The number of ether oxygens (including phenoxy) is 4. The third-order valence-electron chi connectivity index (χ3n) is 8.17. The number of nitrogens with zero attached hydrogens (tertiary/aromatic N) is 2. The molecule has 0 spiro atoms. The lowest BCUT2D eigenvalue weighted by atomic mass is 9.90. The van der Waals surface area contributed by atoms with Gasteiger partial charge in [-0.25, -0.2) is 0 Å². The monoisotopic (exact) mass is 626 g/mol. The van der Waals surface area contributed by atoms with Gasteiger partial charge in [0.05, 0.1) is 46.2 Å². The van der Waals surface area contributed by atoms with E-state index in [2.05, 4.69) is 15.5 Å². The lowest BCUT2D eigenvalue weighted by molar-refractivity contribution is -0.139. The van der Waals surface area contributed by atoms with Crippen molar-refractivity contribution in [2.45, 2.75) is 97.1 Å². The molecule has 0 aromatic carbocycles. The molecule has 12 nitrogen and oxygen atoms in total. The van der Waals surface area contributed by atoms with E-state index in [-0.39, 0.29) is 35.6 Å². The van der Waals surface area contributed by atoms with Gasteiger partial charge in [0.1, 0.15) is 0 Å². The van der Waals surface area contributed by atoms with Crippen LogP contribution >= 0.6 is 0 Å². The Bertz CT molecular complexity index is 837. The molecule has 2 rings (SSSR count). The van der Waals surface area contributed by atoms with Crippen LogP contribution in [0.2, 0.25) is 0 Å². The SMILES string of the molecule is CCNC(=O)CCOCCOCCN(CCOCCOCC)C1CCC(NC(=O)CCCCCN2C(=O)CC(C)C2=O)CC1. The van der Waals surface area contributed by atoms with Crippen molar-refractivity contribution in [3.8, 4) is 0 Å². The van der Waals surface area contributed by atoms with Crippen LogP contribution in [0.3, 0.4) is 0 Å². The summed E-state index contributed by atoms with van der Waals surface area (Å²) in [4.78, 5) is 51.8. The van der Waals surface area contributed by atoms with Crippen LogP contribution in [0.15, 0.2) is 0 Å². The van der Waals surface area contributed by atoms with Crippen molar-refractivity contribution in [3.63, 3.8) is 0 Å². The molecule has 2 aliphatic rings. The maximum Gasteiger partial charge on any atom is 0.232 e. The first-order valence-corrected chi connectivity index (χ1v) is 16.8. The van der Waals surface area contributed by atoms with Gasteiger partial charge in [-0.1, -0.05) is 13.3 Å². The van der Waals surface area contributed by atoms with Gasteiger partial charge in [-0.2, -0.15) is 0 Å². The van der Waals surface area contributed by atoms with Crippen molar-refractivity contribution in [3.05, 3.63) is 0 Å². The summed E-state index contributed by atoms with van der Waals surface area (Å²) >= 11 is 0. The quantitative estimate of drug-likeness (QED) is 0.116. The largest absolute Gasteiger partial charge is 0.379 e. The van der Waals surface area contributed by atoms with Gasteiger partial charge in [0, 0.05) is 70.0 Å². The zero-order valence-electron chi connectivity index (χ0n) is 27.4. The van der Waals surface area contributed by atoms with Gasteiger partial charge in [-0.15, -0.1) is 0 Å². The van der Waals surface area contributed by atoms with E-state index in [1.165, 1.54) is 4.90 Å². The van der Waals surface area contributed by atoms with Gasteiger partial charge in [0.15, 0.2) is 0 Å². The lowest BCUT2D eigenvalue weighted by Gasteiger charge is -2.37. The number of imide groups is 1. The molecular formula is C32H58N4O8. The Balaban J connectivity index is 1.62. The minimum absolute atomic E-state index is 0.000780. The van der Waals surface area contributed by atoms with Crippen LogP contribution in [0.5, 0.6) is 0 Å². The molecular weight excluding hydrogens is 568 g/mol. The van der Waals surface area contributed by atoms with Crippen molar-refractivity contribution in [2.24, 2.45) is 5.92 Å². The molecule has 2 N–H and O–H groups in total. The molecule has 44 heavy (non-hydrogen) atoms. The zero-order chi connectivity index (χ0) is 32.0. The molecule has 0 aromatic heterocycles. The molecule has 12 heteroatoms. The molecule has 0 radical (unpaired) electrons. The van der Waals surface area contributed by atoms with Gasteiger partial charge >= 0.3 is 0 Å². The summed E-state index contributed by atoms with van der Waals surface area (Å²) in [5.41, 5.74) is 0. The third kappa shape index (κ3) is 15.7. The first kappa shape index (κ1) is 38.1. The summed E-state index contributed by atoms with van der Waals surface area (Å²) in [7, 11) is 0. The molecule has 1 unspecified atom stereocenters. The summed E-state index contributed by atoms with van der Waals surface area (Å²) in [5, 5.41) is 5.97. The Labute approximate surface area is 264 Å². The van der Waals surface area contributed by atoms with E-state index < -0.39 is 0 Å². The van der Waals surface area contributed by atoms with Gasteiger partial charge in [0.25, 0.3) is 0 Å². The average molecular weight is 627 g/mol. The second-order valence-electron chi connectivity index (χ2n) is 11.6. The van der Waals surface area contributed by atoms with E-state index in [1.807, 2.05) is 13.8 Å². The number of hydrogen-bond donors (Lipinski definition) is 2. The zero-order valence-corrected chi connectivity index (χ0v) is 27.4. The first-order valence-electron chi connectivity index (χ1n) is 16.8. The summed E-state index contributed by atoms with van der Waals surface area (Å²) in [5.74, 6) is -0.271. The van der Waals surface area contributed by atoms with Gasteiger partial charge < -0.3 is 29.6 Å². The molecule has 0 aromatic rings. The Morgan fingerprint density at radius 2 is 1.43 bits per heavy atom. The van der Waals surface area contributed by atoms with Crippen molar-refractivity contribution in [1.29, 1.82) is 0 Å². The summed E-state index contributed by atoms with van der Waals surface area (Å²) in [6, 6.07) is 0.603. The highest BCUT2D eigenvalue weighted by atomic mass is 16.5. The number of rotatable bonds is 25. The lowest BCUT2D eigenvalue weighted by Crippen LogP contribution is -2.46. The van der Waals surface area contributed by atoms with Crippen LogP contribution in [-0.2, 0) is 38.1 Å². The van der Waals surface area contributed by atoms with E-state index in [1.54, 1.807) is 6.92 Å². The van der Waals surface area contributed by atoms with Crippen molar-refractivity contribution >= 4 is 23.6 Å². The molecule has 1 saturated carbocycles. The Hall–Kier alpha value is -2.12. The van der Waals surface area contributed by atoms with Crippen LogP contribution in [-0.4, -0.2) is 125 Å². The number of carbonyl (C=O) groups excluding carboxylic acids is 4. The van der Waals surface area contributed by atoms with Crippen LogP contribution in [0.4, 0.5) is 0 Å². The van der Waals surface area contributed by atoms with E-state index >= 15 is 0 Å². The number of likely N-dealkylation sites (tertiary alicyclic amines) is 1. The fourth-order valence-electron chi connectivity index (χ4n) is 5.68. The number of hydrogen-bond acceptors (Lipinski definition) is 9. The van der Waals surface area contributed by atoms with Crippen LogP contribution in [0, 0.1) is 5.92 Å². The molecule has 1 saturated heterocycles. The Kier molecular flexibility index (Phi) is 20.1. The van der Waals surface area contributed by atoms with E-state index in [0.29, 0.717) is 91.2 Å². The predicted octanol–water partition coefficient (Wildman–Crippen LogP) is 2.28. The van der Waals surface area contributed by atoms with Gasteiger partial charge in [-0.3, -0.25) is 29.0 Å². The second-order valence-corrected chi connectivity index (χ2v) is 11.6. The standard InChI is InChI=1S/C32H58N4O8/c1-4-33-29(37)14-18-42-23-24-44-20-17-35(16-19-43-22-21-41-5-2)28-12-10-27(11-13-28)34-30(38)9-7-6-8-15-36-31(39)25-26(3)32(36)40/h26-28H,4-25H2,1-3H3,(H,33,37)(H,34,38). The normalized spacial score (nSPS) is 20.5. The second kappa shape index (κ2) is 23.3. The molecule has 254 valence electrons. The molecule has 0 bridgehead atoms. The average Bonchev–Trinajstić information content (AvgIpc) is 3.25. The number of nitrogens with one attached hydrogen (secondary N) is 2. The third-order valence-corrected chi connectivity index (χ3v) is 8.17. The smallest absolute Gasteiger partial charge is 0.232 e. The Morgan fingerprint density at radius 1 is 0.795 bits per heavy atom. The number of amides is 4. The van der Waals surface area contributed by atoms with Crippen LogP contribution in [0.25, 0.3) is 0 Å². The van der Waals surface area contributed by atoms with Gasteiger partial charge in [0.2, 0.25) is 23.6 Å². The van der Waals surface area contributed by atoms with Crippen molar-refractivity contribution in [1.82, 2.24) is 20.4 Å². The van der Waals surface area contributed by atoms with Crippen LogP contribution < -0.4 is 10.6 Å². The van der Waals surface area contributed by atoms with Crippen molar-refractivity contribution in [2.75, 3.05) is 79.0 Å². The first-order chi connectivity index (χ1) is 21.3. The summed E-state index contributed by atoms with van der Waals surface area (Å²) in [6.45, 7) is 12.8. The molecule has 1 heterocycles. The van der Waals surface area contributed by atoms with E-state index in [0.717, 1.165) is 58.0 Å². The fourth-order valence-corrected chi connectivity index (χ4v) is 5.68. The maximum absolute atomic E-state index is 12.6. The van der Waals surface area contributed by atoms with Gasteiger partial charge in [-0.05, 0) is 52.4 Å². The molecule has 1 atom stereocenters. The van der Waals surface area contributed by atoms with E-state index in [9.17, 15) is 19.2 Å². The number of unbranched alkanes of at least 4 members (excludes halogenated alkanes) is 2.